The molecule has 3 nitrogen and oxygen atoms in total. The molecule has 0 spiro atoms. The fourth-order valence-corrected chi connectivity index (χ4v) is 3.34. The molecule has 0 saturated carbocycles. The molecule has 0 radical (unpaired) electrons. The first-order chi connectivity index (χ1) is 6.89. The van der Waals surface area contributed by atoms with Gasteiger partial charge in [0.25, 0.3) is 0 Å². The number of nitrogens with zero attached hydrogens (tertiary/aromatic N) is 1. The lowest BCUT2D eigenvalue weighted by Gasteiger charge is -2.21. The van der Waals surface area contributed by atoms with E-state index in [-0.39, 0.29) is 11.9 Å². The smallest absolute Gasteiger partial charge is 0.232 e. The van der Waals surface area contributed by atoms with Gasteiger partial charge in [-0.15, -0.1) is 0 Å². The molecule has 82 valence electrons. The third-order valence-electron chi connectivity index (χ3n) is 2.55. The summed E-state index contributed by atoms with van der Waals surface area (Å²) in [6.07, 6.45) is 1.74. The van der Waals surface area contributed by atoms with E-state index in [4.69, 9.17) is 0 Å². The van der Waals surface area contributed by atoms with Gasteiger partial charge in [-0.05, 0) is 37.1 Å². The summed E-state index contributed by atoms with van der Waals surface area (Å²) in [5.41, 5.74) is 1.36. The fraction of sp³-hybridized carbons (Fsp3) is 0.400. The number of anilines is 1. The predicted octanol–water partition coefficient (Wildman–Crippen LogP) is 1.54. The Kier molecular flexibility index (Phi) is 2.22. The van der Waals surface area contributed by atoms with Crippen LogP contribution in [0.1, 0.15) is 12.5 Å². The molecule has 0 unspecified atom stereocenters. The van der Waals surface area contributed by atoms with Gasteiger partial charge in [-0.2, -0.15) is 0 Å². The first kappa shape index (κ1) is 10.4. The highest BCUT2D eigenvalue weighted by molar-refractivity contribution is 7.92. The normalized spacial score (nSPS) is 20.5. The van der Waals surface area contributed by atoms with Gasteiger partial charge < -0.3 is 0 Å². The Morgan fingerprint density at radius 3 is 2.73 bits per heavy atom. The van der Waals surface area contributed by atoms with Crippen LogP contribution in [-0.2, 0) is 16.4 Å². The molecule has 0 bridgehead atoms. The van der Waals surface area contributed by atoms with E-state index in [1.54, 1.807) is 0 Å². The highest BCUT2D eigenvalue weighted by atomic mass is 32.2. The van der Waals surface area contributed by atoms with Gasteiger partial charge in [0.05, 0.1) is 11.9 Å². The van der Waals surface area contributed by atoms with Gasteiger partial charge in [-0.1, -0.05) is 0 Å². The highest BCUT2D eigenvalue weighted by Gasteiger charge is 2.32. The van der Waals surface area contributed by atoms with Crippen LogP contribution in [0.3, 0.4) is 0 Å². The van der Waals surface area contributed by atoms with E-state index in [0.29, 0.717) is 12.1 Å². The monoisotopic (exact) mass is 229 g/mol. The largest absolute Gasteiger partial charge is 0.267 e. The van der Waals surface area contributed by atoms with E-state index < -0.39 is 10.0 Å². The van der Waals surface area contributed by atoms with Crippen molar-refractivity contribution < 1.29 is 12.8 Å². The Labute approximate surface area is 88.6 Å². The molecular formula is C10H12FNO2S. The van der Waals surface area contributed by atoms with Gasteiger partial charge in [0, 0.05) is 6.04 Å². The molecule has 15 heavy (non-hydrogen) atoms. The Morgan fingerprint density at radius 1 is 1.47 bits per heavy atom. The van der Waals surface area contributed by atoms with Crippen molar-refractivity contribution in [3.05, 3.63) is 29.6 Å². The molecule has 1 atom stereocenters. The number of hydrogen-bond donors (Lipinski definition) is 0. The van der Waals surface area contributed by atoms with E-state index in [2.05, 4.69) is 0 Å². The van der Waals surface area contributed by atoms with Crippen molar-refractivity contribution in [2.45, 2.75) is 19.4 Å². The van der Waals surface area contributed by atoms with Crippen LogP contribution in [-0.4, -0.2) is 20.7 Å². The first-order valence-corrected chi connectivity index (χ1v) is 6.52. The molecule has 1 aromatic carbocycles. The van der Waals surface area contributed by atoms with Gasteiger partial charge in [0.1, 0.15) is 5.82 Å². The Hall–Kier alpha value is -1.10. The van der Waals surface area contributed by atoms with Crippen molar-refractivity contribution in [3.63, 3.8) is 0 Å². The summed E-state index contributed by atoms with van der Waals surface area (Å²) < 4.78 is 37.3. The summed E-state index contributed by atoms with van der Waals surface area (Å²) in [5, 5.41) is 0. The van der Waals surface area contributed by atoms with Crippen molar-refractivity contribution in [2.75, 3.05) is 10.6 Å². The quantitative estimate of drug-likeness (QED) is 0.732. The Morgan fingerprint density at radius 2 is 2.13 bits per heavy atom. The van der Waals surface area contributed by atoms with Crippen LogP contribution >= 0.6 is 0 Å². The number of fused-ring (bicyclic) bond motifs is 1. The predicted molar refractivity (Wildman–Crippen MR) is 56.9 cm³/mol. The van der Waals surface area contributed by atoms with Crippen LogP contribution in [0.2, 0.25) is 0 Å². The number of sulfonamides is 1. The molecule has 0 aliphatic carbocycles. The summed E-state index contributed by atoms with van der Waals surface area (Å²) in [5.74, 6) is -0.323. The number of benzene rings is 1. The summed E-state index contributed by atoms with van der Waals surface area (Å²) >= 11 is 0. The number of rotatable bonds is 1. The number of halogens is 1. The minimum absolute atomic E-state index is 0.128. The van der Waals surface area contributed by atoms with Gasteiger partial charge in [0.2, 0.25) is 10.0 Å². The minimum atomic E-state index is -3.27. The highest BCUT2D eigenvalue weighted by Crippen LogP contribution is 2.34. The average Bonchev–Trinajstić information content (AvgIpc) is 2.38. The molecule has 2 rings (SSSR count). The maximum Gasteiger partial charge on any atom is 0.232 e. The van der Waals surface area contributed by atoms with Crippen LogP contribution < -0.4 is 4.31 Å². The molecular weight excluding hydrogens is 217 g/mol. The lowest BCUT2D eigenvalue weighted by atomic mass is 10.1. The third kappa shape index (κ3) is 1.71. The minimum Gasteiger partial charge on any atom is -0.267 e. The maximum absolute atomic E-state index is 12.9. The van der Waals surface area contributed by atoms with Crippen molar-refractivity contribution in [2.24, 2.45) is 0 Å². The lowest BCUT2D eigenvalue weighted by molar-refractivity contribution is 0.590. The fourth-order valence-electron chi connectivity index (χ4n) is 2.08. The molecule has 0 aromatic heterocycles. The summed E-state index contributed by atoms with van der Waals surface area (Å²) in [4.78, 5) is 0. The van der Waals surface area contributed by atoms with Crippen LogP contribution in [0, 0.1) is 5.82 Å². The van der Waals surface area contributed by atoms with E-state index in [9.17, 15) is 12.8 Å². The molecule has 0 saturated heterocycles. The molecule has 0 N–H and O–H groups in total. The lowest BCUT2D eigenvalue weighted by Crippen LogP contribution is -2.34. The second kappa shape index (κ2) is 3.20. The average molecular weight is 229 g/mol. The second-order valence-electron chi connectivity index (χ2n) is 3.88. The zero-order valence-electron chi connectivity index (χ0n) is 8.57. The van der Waals surface area contributed by atoms with Gasteiger partial charge in [0.15, 0.2) is 0 Å². The number of hydrogen-bond acceptors (Lipinski definition) is 2. The zero-order valence-corrected chi connectivity index (χ0v) is 9.38. The second-order valence-corrected chi connectivity index (χ2v) is 5.74. The van der Waals surface area contributed by atoms with Crippen LogP contribution in [0.5, 0.6) is 0 Å². The Bertz CT molecular complexity index is 498. The SMILES string of the molecule is C[C@@H]1Cc2cc(F)ccc2N1S(C)(=O)=O. The summed E-state index contributed by atoms with van der Waals surface area (Å²) in [6, 6.07) is 4.08. The van der Waals surface area contributed by atoms with E-state index in [1.807, 2.05) is 6.92 Å². The topological polar surface area (TPSA) is 37.4 Å². The molecule has 5 heteroatoms. The zero-order chi connectivity index (χ0) is 11.2. The van der Waals surface area contributed by atoms with Crippen molar-refractivity contribution in [1.29, 1.82) is 0 Å². The first-order valence-electron chi connectivity index (χ1n) is 4.67. The van der Waals surface area contributed by atoms with Crippen molar-refractivity contribution in [3.8, 4) is 0 Å². The van der Waals surface area contributed by atoms with E-state index in [1.165, 1.54) is 28.8 Å². The van der Waals surface area contributed by atoms with Crippen LogP contribution in [0.4, 0.5) is 10.1 Å². The van der Waals surface area contributed by atoms with Crippen molar-refractivity contribution >= 4 is 15.7 Å². The van der Waals surface area contributed by atoms with Crippen LogP contribution in [0.25, 0.3) is 0 Å². The molecule has 0 amide bonds. The maximum atomic E-state index is 12.9. The third-order valence-corrected chi connectivity index (χ3v) is 3.82. The van der Waals surface area contributed by atoms with Gasteiger partial charge in [-0.3, -0.25) is 4.31 Å². The summed E-state index contributed by atoms with van der Waals surface area (Å²) in [7, 11) is -3.27. The molecule has 1 aliphatic rings. The summed E-state index contributed by atoms with van der Waals surface area (Å²) in [6.45, 7) is 1.82. The van der Waals surface area contributed by atoms with Crippen molar-refractivity contribution in [1.82, 2.24) is 0 Å². The van der Waals surface area contributed by atoms with Crippen LogP contribution in [0.15, 0.2) is 18.2 Å². The molecule has 0 fully saturated rings. The Balaban J connectivity index is 2.56. The van der Waals surface area contributed by atoms with E-state index >= 15 is 0 Å². The van der Waals surface area contributed by atoms with Gasteiger partial charge in [-0.25, -0.2) is 12.8 Å². The van der Waals surface area contributed by atoms with E-state index in [0.717, 1.165) is 5.56 Å². The standard InChI is InChI=1S/C10H12FNO2S/c1-7-5-8-6-9(11)3-4-10(8)12(7)15(2,13)14/h3-4,6-7H,5H2,1-2H3/t7-/m1/s1. The molecule has 1 aromatic rings. The molecule has 1 aliphatic heterocycles. The molecule has 1 heterocycles. The van der Waals surface area contributed by atoms with Gasteiger partial charge >= 0.3 is 0 Å².